The summed E-state index contributed by atoms with van der Waals surface area (Å²) in [4.78, 5) is 41.7. The molecular weight excluding hydrogens is 394 g/mol. The van der Waals surface area contributed by atoms with E-state index in [-0.39, 0.29) is 29.8 Å². The first kappa shape index (κ1) is 21.1. The lowest BCUT2D eigenvalue weighted by Gasteiger charge is -2.26. The number of nitrogens with one attached hydrogen (secondary N) is 1. The van der Waals surface area contributed by atoms with Gasteiger partial charge in [-0.1, -0.05) is 18.6 Å². The monoisotopic (exact) mass is 421 g/mol. The van der Waals surface area contributed by atoms with Crippen LogP contribution < -0.4 is 10.1 Å². The number of hydrogen-bond donors (Lipinski definition) is 1. The molecule has 3 amide bonds. The van der Waals surface area contributed by atoms with Crippen molar-refractivity contribution in [2.45, 2.75) is 25.8 Å². The van der Waals surface area contributed by atoms with E-state index in [4.69, 9.17) is 4.74 Å². The molecule has 2 aromatic carbocycles. The lowest BCUT2D eigenvalue weighted by atomic mass is 10.1. The SMILES string of the molecule is COc1ccc(CN2C(=O)c3ccc(C(=O)NCCN4CCCCC4)cc3C2=O)cc1. The van der Waals surface area contributed by atoms with Crippen molar-refractivity contribution in [2.24, 2.45) is 0 Å². The van der Waals surface area contributed by atoms with Crippen LogP contribution in [0.3, 0.4) is 0 Å². The van der Waals surface area contributed by atoms with Gasteiger partial charge in [0, 0.05) is 18.7 Å². The molecule has 0 saturated carbocycles. The van der Waals surface area contributed by atoms with Crippen molar-refractivity contribution in [3.63, 3.8) is 0 Å². The number of piperidine rings is 1. The third kappa shape index (κ3) is 4.61. The Morgan fingerprint density at radius 2 is 1.68 bits per heavy atom. The third-order valence-electron chi connectivity index (χ3n) is 5.89. The molecule has 1 N–H and O–H groups in total. The molecule has 2 aliphatic heterocycles. The number of imide groups is 1. The fourth-order valence-corrected chi connectivity index (χ4v) is 4.10. The molecule has 0 aromatic heterocycles. The Labute approximate surface area is 182 Å². The van der Waals surface area contributed by atoms with E-state index in [1.54, 1.807) is 31.4 Å². The Kier molecular flexibility index (Phi) is 6.32. The van der Waals surface area contributed by atoms with Crippen LogP contribution in [0.2, 0.25) is 0 Å². The van der Waals surface area contributed by atoms with Gasteiger partial charge in [-0.15, -0.1) is 0 Å². The summed E-state index contributed by atoms with van der Waals surface area (Å²) in [6.07, 6.45) is 3.70. The van der Waals surface area contributed by atoms with Gasteiger partial charge in [-0.05, 0) is 61.8 Å². The zero-order valence-electron chi connectivity index (χ0n) is 17.7. The van der Waals surface area contributed by atoms with Crippen LogP contribution in [0.5, 0.6) is 5.75 Å². The second-order valence-electron chi connectivity index (χ2n) is 7.96. The zero-order valence-corrected chi connectivity index (χ0v) is 17.7. The minimum atomic E-state index is -0.376. The number of methoxy groups -OCH3 is 1. The van der Waals surface area contributed by atoms with Crippen LogP contribution >= 0.6 is 0 Å². The summed E-state index contributed by atoms with van der Waals surface area (Å²) in [7, 11) is 1.58. The number of benzene rings is 2. The zero-order chi connectivity index (χ0) is 21.8. The van der Waals surface area contributed by atoms with E-state index in [0.29, 0.717) is 23.4 Å². The Morgan fingerprint density at radius 1 is 0.968 bits per heavy atom. The highest BCUT2D eigenvalue weighted by atomic mass is 16.5. The Hall–Kier alpha value is -3.19. The summed E-state index contributed by atoms with van der Waals surface area (Å²) >= 11 is 0. The van der Waals surface area contributed by atoms with Gasteiger partial charge in [-0.3, -0.25) is 19.3 Å². The molecule has 0 bridgehead atoms. The van der Waals surface area contributed by atoms with Crippen LogP contribution in [0.1, 0.15) is 55.9 Å². The van der Waals surface area contributed by atoms with Gasteiger partial charge in [-0.2, -0.15) is 0 Å². The fourth-order valence-electron chi connectivity index (χ4n) is 4.10. The number of carbonyl (C=O) groups excluding carboxylic acids is 3. The Bertz CT molecular complexity index is 981. The van der Waals surface area contributed by atoms with Gasteiger partial charge >= 0.3 is 0 Å². The predicted octanol–water partition coefficient (Wildman–Crippen LogP) is 2.71. The normalized spacial score (nSPS) is 16.4. The largest absolute Gasteiger partial charge is 0.497 e. The number of ether oxygens (including phenoxy) is 1. The summed E-state index contributed by atoms with van der Waals surface area (Å²) in [5.41, 5.74) is 1.83. The highest BCUT2D eigenvalue weighted by Gasteiger charge is 2.36. The van der Waals surface area contributed by atoms with Crippen molar-refractivity contribution in [3.8, 4) is 5.75 Å². The standard InChI is InChI=1S/C24H27N3O4/c1-31-19-8-5-17(6-9-19)16-27-23(29)20-10-7-18(15-21(20)24(27)30)22(28)25-11-14-26-12-3-2-4-13-26/h5-10,15H,2-4,11-14,16H2,1H3,(H,25,28). The topological polar surface area (TPSA) is 79.0 Å². The van der Waals surface area contributed by atoms with Gasteiger partial charge in [-0.25, -0.2) is 0 Å². The van der Waals surface area contributed by atoms with Crippen LogP contribution in [0.4, 0.5) is 0 Å². The number of likely N-dealkylation sites (tertiary alicyclic amines) is 1. The smallest absolute Gasteiger partial charge is 0.261 e. The van der Waals surface area contributed by atoms with E-state index in [1.165, 1.54) is 30.2 Å². The first-order valence-corrected chi connectivity index (χ1v) is 10.7. The molecule has 1 fully saturated rings. The lowest BCUT2D eigenvalue weighted by Crippen LogP contribution is -2.37. The molecule has 0 atom stereocenters. The van der Waals surface area contributed by atoms with Crippen LogP contribution in [0, 0.1) is 0 Å². The van der Waals surface area contributed by atoms with Crippen molar-refractivity contribution in [1.29, 1.82) is 0 Å². The molecule has 0 aliphatic carbocycles. The van der Waals surface area contributed by atoms with Crippen molar-refractivity contribution in [3.05, 3.63) is 64.7 Å². The van der Waals surface area contributed by atoms with Crippen LogP contribution in [0.25, 0.3) is 0 Å². The molecule has 0 unspecified atom stereocenters. The molecule has 0 spiro atoms. The number of amides is 3. The first-order valence-electron chi connectivity index (χ1n) is 10.7. The minimum absolute atomic E-state index is 0.174. The molecule has 2 heterocycles. The van der Waals surface area contributed by atoms with Crippen molar-refractivity contribution in [1.82, 2.24) is 15.1 Å². The second kappa shape index (κ2) is 9.31. The van der Waals surface area contributed by atoms with Gasteiger partial charge in [0.25, 0.3) is 17.7 Å². The van der Waals surface area contributed by atoms with Crippen LogP contribution in [-0.4, -0.2) is 60.8 Å². The number of rotatable bonds is 7. The number of fused-ring (bicyclic) bond motifs is 1. The second-order valence-corrected chi connectivity index (χ2v) is 7.96. The molecule has 2 aromatic rings. The summed E-state index contributed by atoms with van der Waals surface area (Å²) < 4.78 is 5.14. The van der Waals surface area contributed by atoms with E-state index in [9.17, 15) is 14.4 Å². The number of nitrogens with zero attached hydrogens (tertiary/aromatic N) is 2. The Balaban J connectivity index is 1.40. The summed E-state index contributed by atoms with van der Waals surface area (Å²) in [6, 6.07) is 11.9. The third-order valence-corrected chi connectivity index (χ3v) is 5.89. The van der Waals surface area contributed by atoms with Crippen molar-refractivity contribution < 1.29 is 19.1 Å². The van der Waals surface area contributed by atoms with E-state index < -0.39 is 0 Å². The van der Waals surface area contributed by atoms with Gasteiger partial charge in [0.15, 0.2) is 0 Å². The van der Waals surface area contributed by atoms with Gasteiger partial charge in [0.2, 0.25) is 0 Å². The maximum atomic E-state index is 12.9. The average molecular weight is 421 g/mol. The molecule has 0 radical (unpaired) electrons. The Morgan fingerprint density at radius 3 is 2.39 bits per heavy atom. The molecule has 162 valence electrons. The molecule has 2 aliphatic rings. The first-order chi connectivity index (χ1) is 15.1. The molecular formula is C24H27N3O4. The van der Waals surface area contributed by atoms with Crippen LogP contribution in [-0.2, 0) is 6.54 Å². The van der Waals surface area contributed by atoms with Crippen molar-refractivity contribution >= 4 is 17.7 Å². The highest BCUT2D eigenvalue weighted by molar-refractivity contribution is 6.22. The number of hydrogen-bond acceptors (Lipinski definition) is 5. The van der Waals surface area contributed by atoms with Gasteiger partial charge in [0.05, 0.1) is 24.8 Å². The summed E-state index contributed by atoms with van der Waals surface area (Å²) in [5.74, 6) is -0.234. The van der Waals surface area contributed by atoms with E-state index in [1.807, 2.05) is 12.1 Å². The van der Waals surface area contributed by atoms with Gasteiger partial charge < -0.3 is 15.0 Å². The van der Waals surface area contributed by atoms with Crippen LogP contribution in [0.15, 0.2) is 42.5 Å². The fraction of sp³-hybridized carbons (Fsp3) is 0.375. The maximum Gasteiger partial charge on any atom is 0.261 e. The van der Waals surface area contributed by atoms with E-state index in [0.717, 1.165) is 25.2 Å². The molecule has 7 nitrogen and oxygen atoms in total. The van der Waals surface area contributed by atoms with E-state index in [2.05, 4.69) is 10.2 Å². The highest BCUT2D eigenvalue weighted by Crippen LogP contribution is 2.26. The van der Waals surface area contributed by atoms with Crippen molar-refractivity contribution in [2.75, 3.05) is 33.3 Å². The average Bonchev–Trinajstić information content (AvgIpc) is 3.04. The number of carbonyl (C=O) groups is 3. The predicted molar refractivity (Wildman–Crippen MR) is 116 cm³/mol. The molecule has 4 rings (SSSR count). The summed E-state index contributed by atoms with van der Waals surface area (Å²) in [6.45, 7) is 3.72. The lowest BCUT2D eigenvalue weighted by molar-refractivity contribution is 0.0642. The molecule has 7 heteroatoms. The summed E-state index contributed by atoms with van der Waals surface area (Å²) in [5, 5.41) is 2.92. The quantitative estimate of drug-likeness (QED) is 0.696. The molecule has 31 heavy (non-hydrogen) atoms. The van der Waals surface area contributed by atoms with Gasteiger partial charge in [0.1, 0.15) is 5.75 Å². The molecule has 1 saturated heterocycles. The minimum Gasteiger partial charge on any atom is -0.497 e. The maximum absolute atomic E-state index is 12.9. The van der Waals surface area contributed by atoms with E-state index >= 15 is 0 Å².